The molecule has 0 saturated carbocycles. The number of hydrogen-bond donors (Lipinski definition) is 0. The van der Waals surface area contributed by atoms with Crippen LogP contribution in [0.5, 0.6) is 0 Å². The van der Waals surface area contributed by atoms with Gasteiger partial charge in [0.1, 0.15) is 0 Å². The Morgan fingerprint density at radius 2 is 2.30 bits per heavy atom. The maximum atomic E-state index is 2.40. The number of allylic oxidation sites excluding steroid dienone is 2. The van der Waals surface area contributed by atoms with E-state index in [0.717, 1.165) is 5.92 Å². The lowest BCUT2D eigenvalue weighted by Gasteiger charge is -2.28. The van der Waals surface area contributed by atoms with Crippen molar-refractivity contribution in [1.29, 1.82) is 0 Å². The first kappa shape index (κ1) is 7.84. The zero-order valence-corrected chi connectivity index (χ0v) is 7.35. The highest BCUT2D eigenvalue weighted by Crippen LogP contribution is 2.41. The lowest BCUT2D eigenvalue weighted by atomic mass is 9.76. The fourth-order valence-electron chi connectivity index (χ4n) is 1.86. The van der Waals surface area contributed by atoms with Gasteiger partial charge >= 0.3 is 0 Å². The minimum absolute atomic E-state index is 0.592. The van der Waals surface area contributed by atoms with E-state index in [1.807, 2.05) is 0 Å². The molecule has 1 rings (SSSR count). The van der Waals surface area contributed by atoms with Crippen molar-refractivity contribution in [2.75, 3.05) is 0 Å². The van der Waals surface area contributed by atoms with E-state index in [2.05, 4.69) is 32.9 Å². The van der Waals surface area contributed by atoms with Crippen LogP contribution in [0, 0.1) is 11.3 Å². The van der Waals surface area contributed by atoms with E-state index in [1.165, 1.54) is 19.3 Å². The van der Waals surface area contributed by atoms with Crippen LogP contribution in [0.2, 0.25) is 0 Å². The van der Waals surface area contributed by atoms with Gasteiger partial charge < -0.3 is 0 Å². The molecule has 1 aliphatic carbocycles. The Morgan fingerprint density at radius 3 is 2.70 bits per heavy atom. The smallest absolute Gasteiger partial charge is 0.0205 e. The summed E-state index contributed by atoms with van der Waals surface area (Å²) in [4.78, 5) is 0. The molecule has 0 amide bonds. The van der Waals surface area contributed by atoms with Crippen LogP contribution in [0.3, 0.4) is 0 Å². The van der Waals surface area contributed by atoms with Crippen LogP contribution in [0.4, 0.5) is 0 Å². The summed E-state index contributed by atoms with van der Waals surface area (Å²) < 4.78 is 0. The zero-order chi connectivity index (χ0) is 7.61. The summed E-state index contributed by atoms with van der Waals surface area (Å²) in [5.41, 5.74) is 0.592. The summed E-state index contributed by atoms with van der Waals surface area (Å²) in [5.74, 6) is 0.799. The van der Waals surface area contributed by atoms with E-state index in [-0.39, 0.29) is 0 Å². The van der Waals surface area contributed by atoms with Crippen LogP contribution >= 0.6 is 0 Å². The Balaban J connectivity index is 2.52. The third-order valence-corrected chi connectivity index (χ3v) is 2.93. The maximum absolute atomic E-state index is 2.40. The molecular weight excluding hydrogens is 120 g/mol. The maximum Gasteiger partial charge on any atom is -0.0205 e. The molecule has 1 aliphatic rings. The van der Waals surface area contributed by atoms with E-state index >= 15 is 0 Å². The van der Waals surface area contributed by atoms with Crippen LogP contribution in [-0.4, -0.2) is 0 Å². The van der Waals surface area contributed by atoms with Gasteiger partial charge in [-0.2, -0.15) is 0 Å². The van der Waals surface area contributed by atoms with E-state index < -0.39 is 0 Å². The van der Waals surface area contributed by atoms with Gasteiger partial charge in [-0.05, 0) is 24.2 Å². The molecule has 58 valence electrons. The van der Waals surface area contributed by atoms with Crippen molar-refractivity contribution in [3.8, 4) is 0 Å². The summed E-state index contributed by atoms with van der Waals surface area (Å²) >= 11 is 0. The minimum atomic E-state index is 0.592. The normalized spacial score (nSPS) is 38.9. The first-order valence-corrected chi connectivity index (χ1v) is 4.36. The molecule has 2 unspecified atom stereocenters. The molecule has 0 heterocycles. The van der Waals surface area contributed by atoms with Gasteiger partial charge in [-0.3, -0.25) is 0 Å². The largest absolute Gasteiger partial charge is 0.0877 e. The summed E-state index contributed by atoms with van der Waals surface area (Å²) in [7, 11) is 0. The molecule has 2 atom stereocenters. The zero-order valence-electron chi connectivity index (χ0n) is 7.35. The van der Waals surface area contributed by atoms with Crippen molar-refractivity contribution in [1.82, 2.24) is 0 Å². The summed E-state index contributed by atoms with van der Waals surface area (Å²) in [6.07, 6.45) is 8.68. The Morgan fingerprint density at radius 1 is 1.60 bits per heavy atom. The quantitative estimate of drug-likeness (QED) is 0.513. The van der Waals surface area contributed by atoms with Gasteiger partial charge in [0.05, 0.1) is 0 Å². The van der Waals surface area contributed by atoms with Crippen LogP contribution in [-0.2, 0) is 0 Å². The van der Waals surface area contributed by atoms with Gasteiger partial charge in [0.15, 0.2) is 0 Å². The lowest BCUT2D eigenvalue weighted by Crippen LogP contribution is -2.19. The van der Waals surface area contributed by atoms with Gasteiger partial charge in [-0.25, -0.2) is 0 Å². The van der Waals surface area contributed by atoms with Gasteiger partial charge in [0.25, 0.3) is 0 Å². The molecule has 0 radical (unpaired) electrons. The van der Waals surface area contributed by atoms with Crippen molar-refractivity contribution in [2.45, 2.75) is 40.0 Å². The molecule has 0 aliphatic heterocycles. The van der Waals surface area contributed by atoms with Crippen molar-refractivity contribution >= 4 is 0 Å². The second-order valence-electron chi connectivity index (χ2n) is 3.82. The van der Waals surface area contributed by atoms with Gasteiger partial charge in [-0.15, -0.1) is 0 Å². The van der Waals surface area contributed by atoms with E-state index in [9.17, 15) is 0 Å². The van der Waals surface area contributed by atoms with Crippen LogP contribution in [0.15, 0.2) is 12.2 Å². The summed E-state index contributed by atoms with van der Waals surface area (Å²) in [5, 5.41) is 0. The molecule has 0 fully saturated rings. The minimum Gasteiger partial charge on any atom is -0.0877 e. The van der Waals surface area contributed by atoms with Gasteiger partial charge in [0, 0.05) is 0 Å². The highest BCUT2D eigenvalue weighted by Gasteiger charge is 2.30. The molecule has 0 heteroatoms. The Bertz CT molecular complexity index is 135. The Kier molecular flexibility index (Phi) is 2.18. The molecule has 0 N–H and O–H groups in total. The molecule has 10 heavy (non-hydrogen) atoms. The highest BCUT2D eigenvalue weighted by atomic mass is 14.3. The first-order chi connectivity index (χ1) is 4.69. The first-order valence-electron chi connectivity index (χ1n) is 4.36. The fourth-order valence-corrected chi connectivity index (χ4v) is 1.86. The molecule has 0 nitrogen and oxygen atoms in total. The monoisotopic (exact) mass is 138 g/mol. The predicted molar refractivity (Wildman–Crippen MR) is 45.9 cm³/mol. The van der Waals surface area contributed by atoms with Crippen LogP contribution < -0.4 is 0 Å². The standard InChI is InChI=1S/C10H18/c1-4-7-10(3)8-5-6-9(10)2/h5-6,9H,4,7-8H2,1-3H3. The molecule has 0 aromatic heterocycles. The topological polar surface area (TPSA) is 0 Å². The molecule has 0 saturated heterocycles. The molecule has 0 spiro atoms. The number of hydrogen-bond acceptors (Lipinski definition) is 0. The second-order valence-corrected chi connectivity index (χ2v) is 3.82. The molecule has 0 aromatic carbocycles. The third kappa shape index (κ3) is 1.25. The molecule has 0 bridgehead atoms. The van der Waals surface area contributed by atoms with Crippen molar-refractivity contribution < 1.29 is 0 Å². The average molecular weight is 138 g/mol. The van der Waals surface area contributed by atoms with E-state index in [4.69, 9.17) is 0 Å². The predicted octanol–water partition coefficient (Wildman–Crippen LogP) is 3.39. The third-order valence-electron chi connectivity index (χ3n) is 2.93. The van der Waals surface area contributed by atoms with Crippen LogP contribution in [0.1, 0.15) is 40.0 Å². The average Bonchev–Trinajstić information content (AvgIpc) is 2.15. The Hall–Kier alpha value is -0.260. The lowest BCUT2D eigenvalue weighted by molar-refractivity contribution is 0.242. The van der Waals surface area contributed by atoms with Gasteiger partial charge in [-0.1, -0.05) is 39.3 Å². The van der Waals surface area contributed by atoms with Crippen LogP contribution in [0.25, 0.3) is 0 Å². The summed E-state index contributed by atoms with van der Waals surface area (Å²) in [6.45, 7) is 7.01. The van der Waals surface area contributed by atoms with E-state index in [1.54, 1.807) is 0 Å². The molecule has 0 aromatic rings. The Labute approximate surface area is 64.3 Å². The van der Waals surface area contributed by atoms with Crippen molar-refractivity contribution in [3.63, 3.8) is 0 Å². The molecular formula is C10H18. The number of rotatable bonds is 2. The fraction of sp³-hybridized carbons (Fsp3) is 0.800. The van der Waals surface area contributed by atoms with E-state index in [0.29, 0.717) is 5.41 Å². The van der Waals surface area contributed by atoms with Gasteiger partial charge in [0.2, 0.25) is 0 Å². The highest BCUT2D eigenvalue weighted by molar-refractivity contribution is 5.05. The second kappa shape index (κ2) is 2.77. The SMILES string of the molecule is CCCC1(C)CC=CC1C. The van der Waals surface area contributed by atoms with Crippen molar-refractivity contribution in [3.05, 3.63) is 12.2 Å². The van der Waals surface area contributed by atoms with Crippen molar-refractivity contribution in [2.24, 2.45) is 11.3 Å². The summed E-state index contributed by atoms with van der Waals surface area (Å²) in [6, 6.07) is 0.